The molecule has 0 aliphatic heterocycles. The molecule has 1 heterocycles. The molecule has 0 amide bonds. The molecule has 7 nitrogen and oxygen atoms in total. The van der Waals surface area contributed by atoms with E-state index in [0.29, 0.717) is 35.7 Å². The molecule has 1 aromatic carbocycles. The van der Waals surface area contributed by atoms with Crippen molar-refractivity contribution in [1.29, 1.82) is 0 Å². The third kappa shape index (κ3) is 4.36. The summed E-state index contributed by atoms with van der Waals surface area (Å²) < 4.78 is 51.9. The van der Waals surface area contributed by atoms with Crippen LogP contribution in [0.25, 0.3) is 0 Å². The predicted octanol–water partition coefficient (Wildman–Crippen LogP) is 2.39. The minimum absolute atomic E-state index is 0.100. The van der Waals surface area contributed by atoms with Crippen molar-refractivity contribution in [3.8, 4) is 11.5 Å². The van der Waals surface area contributed by atoms with Crippen LogP contribution in [0.5, 0.6) is 11.5 Å². The summed E-state index contributed by atoms with van der Waals surface area (Å²) in [4.78, 5) is 7.95. The van der Waals surface area contributed by atoms with Gasteiger partial charge in [-0.25, -0.2) is 27.5 Å². The summed E-state index contributed by atoms with van der Waals surface area (Å²) in [6.45, 7) is 0.100. The van der Waals surface area contributed by atoms with Crippen LogP contribution in [-0.4, -0.2) is 37.9 Å². The Bertz CT molecular complexity index is 890. The first kappa shape index (κ1) is 19.5. The zero-order valence-corrected chi connectivity index (χ0v) is 16.0. The number of aromatic nitrogens is 2. The van der Waals surface area contributed by atoms with Gasteiger partial charge >= 0.3 is 0 Å². The molecule has 9 heteroatoms. The fourth-order valence-corrected chi connectivity index (χ4v) is 5.13. The number of rotatable bonds is 7. The molecule has 2 atom stereocenters. The van der Waals surface area contributed by atoms with Crippen LogP contribution in [0.15, 0.2) is 30.6 Å². The van der Waals surface area contributed by atoms with Gasteiger partial charge in [-0.1, -0.05) is 12.5 Å². The molecule has 1 aliphatic rings. The molecular formula is C18H22FN3O4S. The van der Waals surface area contributed by atoms with E-state index in [1.54, 1.807) is 25.3 Å². The maximum absolute atomic E-state index is 13.1. The maximum atomic E-state index is 13.1. The van der Waals surface area contributed by atoms with E-state index in [1.807, 2.05) is 0 Å². The highest BCUT2D eigenvalue weighted by molar-refractivity contribution is 7.90. The lowest BCUT2D eigenvalue weighted by Gasteiger charge is -2.20. The summed E-state index contributed by atoms with van der Waals surface area (Å²) in [5.41, 5.74) is 0.703. The molecule has 1 saturated carbocycles. The molecule has 2 aromatic rings. The van der Waals surface area contributed by atoms with Crippen molar-refractivity contribution >= 4 is 10.0 Å². The normalized spacial score (nSPS) is 19.8. The van der Waals surface area contributed by atoms with E-state index >= 15 is 0 Å². The van der Waals surface area contributed by atoms with Crippen molar-refractivity contribution in [2.75, 3.05) is 14.2 Å². The molecule has 0 radical (unpaired) electrons. The standard InChI is InChI=1S/C18H22FN3O4S/c1-25-14-7-6-12(16(8-14)26-2)9-22-27(23,24)17-5-3-4-15(17)18-20-10-13(19)11-21-18/h6-8,10-11,15,17,22H,3-5,9H2,1-2H3/t15-,17+/m0/s1. The highest BCUT2D eigenvalue weighted by Crippen LogP contribution is 2.37. The number of nitrogens with zero attached hydrogens (tertiary/aromatic N) is 2. The third-order valence-electron chi connectivity index (χ3n) is 4.78. The Hall–Kier alpha value is -2.26. The molecule has 27 heavy (non-hydrogen) atoms. The van der Waals surface area contributed by atoms with E-state index in [4.69, 9.17) is 9.47 Å². The van der Waals surface area contributed by atoms with Crippen molar-refractivity contribution in [2.45, 2.75) is 37.0 Å². The maximum Gasteiger partial charge on any atom is 0.215 e. The Kier molecular flexibility index (Phi) is 5.91. The number of sulfonamides is 1. The first-order valence-corrected chi connectivity index (χ1v) is 10.2. The van der Waals surface area contributed by atoms with Crippen LogP contribution in [0, 0.1) is 5.82 Å². The lowest BCUT2D eigenvalue weighted by atomic mass is 10.1. The molecule has 0 unspecified atom stereocenters. The quantitative estimate of drug-likeness (QED) is 0.774. The van der Waals surface area contributed by atoms with Gasteiger partial charge in [0, 0.05) is 24.1 Å². The predicted molar refractivity (Wildman–Crippen MR) is 97.7 cm³/mol. The van der Waals surface area contributed by atoms with Crippen molar-refractivity contribution < 1.29 is 22.3 Å². The van der Waals surface area contributed by atoms with E-state index in [1.165, 1.54) is 7.11 Å². The first-order chi connectivity index (χ1) is 12.9. The van der Waals surface area contributed by atoms with Gasteiger partial charge < -0.3 is 9.47 Å². The van der Waals surface area contributed by atoms with Gasteiger partial charge in [-0.2, -0.15) is 0 Å². The number of hydrogen-bond donors (Lipinski definition) is 1. The Balaban J connectivity index is 1.75. The fourth-order valence-electron chi connectivity index (χ4n) is 3.39. The van der Waals surface area contributed by atoms with Gasteiger partial charge in [-0.15, -0.1) is 0 Å². The first-order valence-electron chi connectivity index (χ1n) is 8.61. The van der Waals surface area contributed by atoms with Gasteiger partial charge in [0.25, 0.3) is 0 Å². The van der Waals surface area contributed by atoms with E-state index in [2.05, 4.69) is 14.7 Å². The van der Waals surface area contributed by atoms with Crippen LogP contribution < -0.4 is 14.2 Å². The lowest BCUT2D eigenvalue weighted by molar-refractivity contribution is 0.390. The average Bonchev–Trinajstić information content (AvgIpc) is 3.17. The van der Waals surface area contributed by atoms with Gasteiger partial charge in [0.15, 0.2) is 5.82 Å². The molecule has 0 bridgehead atoms. The molecule has 1 fully saturated rings. The third-order valence-corrected chi connectivity index (χ3v) is 6.69. The highest BCUT2D eigenvalue weighted by Gasteiger charge is 2.39. The smallest absolute Gasteiger partial charge is 0.215 e. The molecular weight excluding hydrogens is 373 g/mol. The van der Waals surface area contributed by atoms with E-state index in [0.717, 1.165) is 18.8 Å². The van der Waals surface area contributed by atoms with Gasteiger partial charge in [0.05, 0.1) is 31.9 Å². The van der Waals surface area contributed by atoms with Gasteiger partial charge in [0.2, 0.25) is 10.0 Å². The SMILES string of the molecule is COc1ccc(CNS(=O)(=O)[C@@H]2CCC[C@@H]2c2ncc(F)cn2)c(OC)c1. The summed E-state index contributed by atoms with van der Waals surface area (Å²) in [6, 6.07) is 5.21. The van der Waals surface area contributed by atoms with Crippen molar-refractivity contribution in [3.05, 3.63) is 47.8 Å². The number of ether oxygens (including phenoxy) is 2. The second kappa shape index (κ2) is 8.18. The Morgan fingerprint density at radius 3 is 2.59 bits per heavy atom. The number of methoxy groups -OCH3 is 2. The summed E-state index contributed by atoms with van der Waals surface area (Å²) >= 11 is 0. The minimum atomic E-state index is -3.62. The molecule has 0 saturated heterocycles. The van der Waals surface area contributed by atoms with E-state index in [-0.39, 0.29) is 12.5 Å². The largest absolute Gasteiger partial charge is 0.497 e. The monoisotopic (exact) mass is 395 g/mol. The zero-order chi connectivity index (χ0) is 19.4. The van der Waals surface area contributed by atoms with E-state index in [9.17, 15) is 12.8 Å². The fraction of sp³-hybridized carbons (Fsp3) is 0.444. The molecule has 3 rings (SSSR count). The summed E-state index contributed by atoms with van der Waals surface area (Å²) in [5.74, 6) is 0.651. The van der Waals surface area contributed by atoms with Gasteiger partial charge in [0.1, 0.15) is 17.3 Å². The lowest BCUT2D eigenvalue weighted by Crippen LogP contribution is -2.36. The van der Waals surface area contributed by atoms with Gasteiger partial charge in [-0.3, -0.25) is 0 Å². The summed E-state index contributed by atoms with van der Waals surface area (Å²) in [5, 5.41) is -0.646. The van der Waals surface area contributed by atoms with Crippen molar-refractivity contribution in [2.24, 2.45) is 0 Å². The van der Waals surface area contributed by atoms with Crippen LogP contribution in [-0.2, 0) is 16.6 Å². The average molecular weight is 395 g/mol. The van der Waals surface area contributed by atoms with E-state index < -0.39 is 21.1 Å². The molecule has 1 aromatic heterocycles. The number of halogens is 1. The topological polar surface area (TPSA) is 90.4 Å². The molecule has 1 N–H and O–H groups in total. The Morgan fingerprint density at radius 2 is 1.93 bits per heavy atom. The van der Waals surface area contributed by atoms with Crippen molar-refractivity contribution in [3.63, 3.8) is 0 Å². The molecule has 1 aliphatic carbocycles. The highest BCUT2D eigenvalue weighted by atomic mass is 32.2. The second-order valence-electron chi connectivity index (χ2n) is 6.38. The van der Waals surface area contributed by atoms with Crippen molar-refractivity contribution in [1.82, 2.24) is 14.7 Å². The van der Waals surface area contributed by atoms with Crippen LogP contribution in [0.3, 0.4) is 0 Å². The summed E-state index contributed by atoms with van der Waals surface area (Å²) in [6.07, 6.45) is 4.06. The molecule has 146 valence electrons. The summed E-state index contributed by atoms with van der Waals surface area (Å²) in [7, 11) is -0.547. The number of nitrogens with one attached hydrogen (secondary N) is 1. The van der Waals surface area contributed by atoms with Crippen LogP contribution >= 0.6 is 0 Å². The van der Waals surface area contributed by atoms with Crippen LogP contribution in [0.4, 0.5) is 4.39 Å². The zero-order valence-electron chi connectivity index (χ0n) is 15.2. The van der Waals surface area contributed by atoms with Crippen LogP contribution in [0.2, 0.25) is 0 Å². The Morgan fingerprint density at radius 1 is 1.19 bits per heavy atom. The minimum Gasteiger partial charge on any atom is -0.497 e. The number of hydrogen-bond acceptors (Lipinski definition) is 6. The Labute approximate surface area is 158 Å². The number of benzene rings is 1. The second-order valence-corrected chi connectivity index (χ2v) is 8.36. The molecule has 0 spiro atoms. The van der Waals surface area contributed by atoms with Gasteiger partial charge in [-0.05, 0) is 18.9 Å². The van der Waals surface area contributed by atoms with Crippen LogP contribution in [0.1, 0.15) is 36.6 Å².